The standard InChI is InChI=1S/C10H11FN2O4/c1-5(9(12)10(14)15)6-2-3-8(13(16)17)7(11)4-6/h2-5,9H,12H2,1H3,(H,14,15)/t5?,9-/m1/s1. The molecule has 0 spiro atoms. The lowest BCUT2D eigenvalue weighted by atomic mass is 9.93. The molecule has 2 atom stereocenters. The Labute approximate surface area is 96.0 Å². The number of carboxylic acids is 1. The van der Waals surface area contributed by atoms with Crippen molar-refractivity contribution >= 4 is 11.7 Å². The Morgan fingerprint density at radius 2 is 2.18 bits per heavy atom. The summed E-state index contributed by atoms with van der Waals surface area (Å²) in [5.41, 5.74) is 5.04. The van der Waals surface area contributed by atoms with Crippen LogP contribution in [0.5, 0.6) is 0 Å². The molecule has 0 aliphatic rings. The van der Waals surface area contributed by atoms with E-state index in [9.17, 15) is 19.3 Å². The van der Waals surface area contributed by atoms with E-state index in [1.54, 1.807) is 0 Å². The summed E-state index contributed by atoms with van der Waals surface area (Å²) in [5.74, 6) is -2.85. The number of benzene rings is 1. The van der Waals surface area contributed by atoms with Gasteiger partial charge in [-0.15, -0.1) is 0 Å². The summed E-state index contributed by atoms with van der Waals surface area (Å²) in [6.07, 6.45) is 0. The molecule has 0 saturated carbocycles. The first-order valence-electron chi connectivity index (χ1n) is 4.76. The Balaban J connectivity index is 3.05. The van der Waals surface area contributed by atoms with Crippen LogP contribution in [0.3, 0.4) is 0 Å². The Morgan fingerprint density at radius 3 is 2.59 bits per heavy atom. The van der Waals surface area contributed by atoms with Gasteiger partial charge >= 0.3 is 11.7 Å². The van der Waals surface area contributed by atoms with Gasteiger partial charge in [-0.25, -0.2) is 0 Å². The Morgan fingerprint density at radius 1 is 1.59 bits per heavy atom. The zero-order chi connectivity index (χ0) is 13.2. The average Bonchev–Trinajstić information content (AvgIpc) is 2.26. The van der Waals surface area contributed by atoms with Crippen LogP contribution in [0, 0.1) is 15.9 Å². The minimum atomic E-state index is -1.21. The lowest BCUT2D eigenvalue weighted by Gasteiger charge is -2.16. The van der Waals surface area contributed by atoms with Gasteiger partial charge in [-0.2, -0.15) is 4.39 Å². The van der Waals surface area contributed by atoms with E-state index in [0.717, 1.165) is 12.1 Å². The SMILES string of the molecule is CC(c1ccc([N+](=O)[O-])c(F)c1)[C@@H](N)C(=O)O. The van der Waals surface area contributed by atoms with E-state index in [1.807, 2.05) is 0 Å². The van der Waals surface area contributed by atoms with Crippen LogP contribution < -0.4 is 5.73 Å². The van der Waals surface area contributed by atoms with Crippen molar-refractivity contribution in [2.75, 3.05) is 0 Å². The molecule has 0 fully saturated rings. The molecule has 17 heavy (non-hydrogen) atoms. The monoisotopic (exact) mass is 242 g/mol. The molecule has 1 aromatic carbocycles. The number of carbonyl (C=O) groups is 1. The predicted octanol–water partition coefficient (Wildman–Crippen LogP) is 1.25. The molecule has 6 nitrogen and oxygen atoms in total. The topological polar surface area (TPSA) is 106 Å². The fourth-order valence-electron chi connectivity index (χ4n) is 1.38. The number of nitrogens with zero attached hydrogens (tertiary/aromatic N) is 1. The molecule has 1 rings (SSSR count). The third kappa shape index (κ3) is 2.76. The van der Waals surface area contributed by atoms with Crippen molar-refractivity contribution in [3.63, 3.8) is 0 Å². The molecular weight excluding hydrogens is 231 g/mol. The van der Waals surface area contributed by atoms with Crippen molar-refractivity contribution in [2.45, 2.75) is 18.9 Å². The number of aliphatic carboxylic acids is 1. The van der Waals surface area contributed by atoms with Crippen LogP contribution in [0.15, 0.2) is 18.2 Å². The zero-order valence-electron chi connectivity index (χ0n) is 8.96. The third-order valence-electron chi connectivity index (χ3n) is 2.52. The van der Waals surface area contributed by atoms with Crippen molar-refractivity contribution in [3.8, 4) is 0 Å². The summed E-state index contributed by atoms with van der Waals surface area (Å²) in [4.78, 5) is 20.2. The summed E-state index contributed by atoms with van der Waals surface area (Å²) < 4.78 is 13.3. The van der Waals surface area contributed by atoms with Crippen molar-refractivity contribution in [1.82, 2.24) is 0 Å². The molecule has 0 bridgehead atoms. The highest BCUT2D eigenvalue weighted by atomic mass is 19.1. The maximum absolute atomic E-state index is 13.3. The molecule has 0 amide bonds. The fourth-order valence-corrected chi connectivity index (χ4v) is 1.38. The predicted molar refractivity (Wildman–Crippen MR) is 57.1 cm³/mol. The highest BCUT2D eigenvalue weighted by Crippen LogP contribution is 2.24. The van der Waals surface area contributed by atoms with Gasteiger partial charge in [0, 0.05) is 12.0 Å². The first-order chi connectivity index (χ1) is 7.84. The van der Waals surface area contributed by atoms with Gasteiger partial charge in [-0.3, -0.25) is 14.9 Å². The second-order valence-electron chi connectivity index (χ2n) is 3.62. The number of nitro groups is 1. The van der Waals surface area contributed by atoms with Crippen molar-refractivity contribution in [1.29, 1.82) is 0 Å². The van der Waals surface area contributed by atoms with Crippen molar-refractivity contribution in [2.24, 2.45) is 5.73 Å². The van der Waals surface area contributed by atoms with Gasteiger partial charge < -0.3 is 10.8 Å². The lowest BCUT2D eigenvalue weighted by molar-refractivity contribution is -0.387. The first-order valence-corrected chi connectivity index (χ1v) is 4.76. The smallest absolute Gasteiger partial charge is 0.321 e. The molecular formula is C10H11FN2O4. The summed E-state index contributed by atoms with van der Waals surface area (Å²) in [6, 6.07) is 2.05. The van der Waals surface area contributed by atoms with Crippen molar-refractivity contribution < 1.29 is 19.2 Å². The van der Waals surface area contributed by atoms with Crippen LogP contribution in [0.1, 0.15) is 18.4 Å². The van der Waals surface area contributed by atoms with E-state index in [-0.39, 0.29) is 0 Å². The molecule has 3 N–H and O–H groups in total. The minimum absolute atomic E-state index is 0.308. The summed E-state index contributed by atoms with van der Waals surface area (Å²) in [5, 5.41) is 19.1. The molecule has 0 saturated heterocycles. The summed E-state index contributed by atoms with van der Waals surface area (Å²) in [7, 11) is 0. The van der Waals surface area contributed by atoms with E-state index < -0.39 is 34.4 Å². The number of halogens is 1. The second kappa shape index (κ2) is 4.88. The Kier molecular flexibility index (Phi) is 3.74. The van der Waals surface area contributed by atoms with Gasteiger partial charge in [-0.05, 0) is 11.6 Å². The Bertz CT molecular complexity index is 464. The van der Waals surface area contributed by atoms with E-state index in [1.165, 1.54) is 13.0 Å². The van der Waals surface area contributed by atoms with Gasteiger partial charge in [0.25, 0.3) is 0 Å². The maximum atomic E-state index is 13.3. The third-order valence-corrected chi connectivity index (χ3v) is 2.52. The van der Waals surface area contributed by atoms with Crippen LogP contribution in [-0.2, 0) is 4.79 Å². The molecule has 0 aliphatic carbocycles. The largest absolute Gasteiger partial charge is 0.480 e. The molecule has 0 aliphatic heterocycles. The van der Waals surface area contributed by atoms with Crippen LogP contribution in [0.25, 0.3) is 0 Å². The first kappa shape index (κ1) is 13.0. The quantitative estimate of drug-likeness (QED) is 0.610. The Hall–Kier alpha value is -2.02. The fraction of sp³-hybridized carbons (Fsp3) is 0.300. The minimum Gasteiger partial charge on any atom is -0.480 e. The number of rotatable bonds is 4. The number of nitro benzene ring substituents is 1. The number of hydrogen-bond donors (Lipinski definition) is 2. The maximum Gasteiger partial charge on any atom is 0.321 e. The molecule has 1 aromatic rings. The molecule has 0 aromatic heterocycles. The lowest BCUT2D eigenvalue weighted by Crippen LogP contribution is -2.35. The number of hydrogen-bond acceptors (Lipinski definition) is 4. The average molecular weight is 242 g/mol. The van der Waals surface area contributed by atoms with Gasteiger partial charge in [0.1, 0.15) is 6.04 Å². The van der Waals surface area contributed by atoms with Crippen LogP contribution in [0.2, 0.25) is 0 Å². The van der Waals surface area contributed by atoms with E-state index in [0.29, 0.717) is 5.56 Å². The van der Waals surface area contributed by atoms with Gasteiger partial charge in [0.2, 0.25) is 5.82 Å². The van der Waals surface area contributed by atoms with E-state index in [2.05, 4.69) is 0 Å². The van der Waals surface area contributed by atoms with E-state index >= 15 is 0 Å². The molecule has 0 heterocycles. The molecule has 7 heteroatoms. The number of carboxylic acid groups (broad SMARTS) is 1. The second-order valence-corrected chi connectivity index (χ2v) is 3.62. The van der Waals surface area contributed by atoms with Crippen LogP contribution in [-0.4, -0.2) is 22.0 Å². The molecule has 0 radical (unpaired) electrons. The highest BCUT2D eigenvalue weighted by Gasteiger charge is 2.23. The van der Waals surface area contributed by atoms with Crippen LogP contribution in [0.4, 0.5) is 10.1 Å². The molecule has 92 valence electrons. The summed E-state index contributed by atoms with van der Waals surface area (Å²) in [6.45, 7) is 1.51. The van der Waals surface area contributed by atoms with Crippen LogP contribution >= 0.6 is 0 Å². The zero-order valence-corrected chi connectivity index (χ0v) is 8.96. The highest BCUT2D eigenvalue weighted by molar-refractivity contribution is 5.74. The van der Waals surface area contributed by atoms with Gasteiger partial charge in [0.05, 0.1) is 4.92 Å². The van der Waals surface area contributed by atoms with Crippen molar-refractivity contribution in [3.05, 3.63) is 39.7 Å². The normalized spacial score (nSPS) is 14.1. The number of nitrogens with two attached hydrogens (primary N) is 1. The summed E-state index contributed by atoms with van der Waals surface area (Å²) >= 11 is 0. The van der Waals surface area contributed by atoms with Gasteiger partial charge in [0.15, 0.2) is 0 Å². The van der Waals surface area contributed by atoms with Gasteiger partial charge in [-0.1, -0.05) is 13.0 Å². The van der Waals surface area contributed by atoms with E-state index in [4.69, 9.17) is 10.8 Å². The molecule has 1 unspecified atom stereocenters.